The van der Waals surface area contributed by atoms with Crippen molar-refractivity contribution in [1.29, 1.82) is 0 Å². The zero-order chi connectivity index (χ0) is 18.0. The standard InChI is InChI=1S/C19H21ClN4O/c1-19(2,25-16-11-7-6-10-15(16)20)18-23-22-17(24(18)3)14-9-5-4-8-13(14)12-21/h4-11H,12,21H2,1-3H3. The van der Waals surface area contributed by atoms with Crippen molar-refractivity contribution in [3.63, 3.8) is 0 Å². The summed E-state index contributed by atoms with van der Waals surface area (Å²) >= 11 is 6.22. The van der Waals surface area contributed by atoms with Gasteiger partial charge in [-0.1, -0.05) is 48.0 Å². The van der Waals surface area contributed by atoms with Crippen LogP contribution in [0.5, 0.6) is 5.75 Å². The van der Waals surface area contributed by atoms with Crippen LogP contribution in [0.2, 0.25) is 5.02 Å². The van der Waals surface area contributed by atoms with Crippen molar-refractivity contribution in [2.45, 2.75) is 26.0 Å². The predicted molar refractivity (Wildman–Crippen MR) is 99.4 cm³/mol. The minimum Gasteiger partial charge on any atom is -0.478 e. The Morgan fingerprint density at radius 1 is 1.08 bits per heavy atom. The smallest absolute Gasteiger partial charge is 0.176 e. The maximum absolute atomic E-state index is 6.22. The highest BCUT2D eigenvalue weighted by atomic mass is 35.5. The molecule has 25 heavy (non-hydrogen) atoms. The van der Waals surface area contributed by atoms with Crippen LogP contribution in [0.3, 0.4) is 0 Å². The van der Waals surface area contributed by atoms with Crippen molar-refractivity contribution in [2.75, 3.05) is 0 Å². The second kappa shape index (κ2) is 6.86. The van der Waals surface area contributed by atoms with E-state index in [0.29, 0.717) is 23.1 Å². The molecule has 0 fully saturated rings. The molecule has 0 aliphatic carbocycles. The van der Waals surface area contributed by atoms with E-state index in [9.17, 15) is 0 Å². The van der Waals surface area contributed by atoms with Crippen LogP contribution in [0.1, 0.15) is 25.2 Å². The van der Waals surface area contributed by atoms with Gasteiger partial charge in [-0.3, -0.25) is 0 Å². The van der Waals surface area contributed by atoms with Gasteiger partial charge in [-0.05, 0) is 31.5 Å². The molecule has 0 amide bonds. The minimum absolute atomic E-state index is 0.442. The molecule has 0 saturated heterocycles. The first-order chi connectivity index (χ1) is 11.9. The monoisotopic (exact) mass is 356 g/mol. The van der Waals surface area contributed by atoms with E-state index < -0.39 is 5.60 Å². The fraction of sp³-hybridized carbons (Fsp3) is 0.263. The van der Waals surface area contributed by atoms with Crippen LogP contribution in [-0.2, 0) is 19.2 Å². The highest BCUT2D eigenvalue weighted by molar-refractivity contribution is 6.32. The van der Waals surface area contributed by atoms with E-state index in [-0.39, 0.29) is 0 Å². The van der Waals surface area contributed by atoms with Gasteiger partial charge in [0.2, 0.25) is 0 Å². The molecule has 5 nitrogen and oxygen atoms in total. The summed E-state index contributed by atoms with van der Waals surface area (Å²) < 4.78 is 8.06. The Labute approximate surface area is 152 Å². The average molecular weight is 357 g/mol. The summed E-state index contributed by atoms with van der Waals surface area (Å²) in [7, 11) is 1.93. The lowest BCUT2D eigenvalue weighted by Gasteiger charge is -2.26. The molecule has 3 aromatic rings. The zero-order valence-corrected chi connectivity index (χ0v) is 15.3. The summed E-state index contributed by atoms with van der Waals surface area (Å²) in [5, 5.41) is 9.30. The van der Waals surface area contributed by atoms with Crippen molar-refractivity contribution in [1.82, 2.24) is 14.8 Å². The van der Waals surface area contributed by atoms with Crippen LogP contribution in [0.15, 0.2) is 48.5 Å². The van der Waals surface area contributed by atoms with Gasteiger partial charge in [0.1, 0.15) is 5.75 Å². The Kier molecular flexibility index (Phi) is 4.79. The number of ether oxygens (including phenoxy) is 1. The molecule has 130 valence electrons. The Balaban J connectivity index is 1.99. The lowest BCUT2D eigenvalue weighted by atomic mass is 10.1. The normalized spacial score (nSPS) is 11.6. The van der Waals surface area contributed by atoms with Gasteiger partial charge in [-0.25, -0.2) is 0 Å². The number of nitrogens with zero attached hydrogens (tertiary/aromatic N) is 3. The van der Waals surface area contributed by atoms with Gasteiger partial charge in [0.05, 0.1) is 5.02 Å². The number of para-hydroxylation sites is 1. The van der Waals surface area contributed by atoms with E-state index in [1.54, 1.807) is 6.07 Å². The summed E-state index contributed by atoms with van der Waals surface area (Å²) in [5.41, 5.74) is 7.14. The molecule has 1 heterocycles. The molecule has 0 aliphatic heterocycles. The molecule has 0 spiro atoms. The number of hydrogen-bond donors (Lipinski definition) is 1. The quantitative estimate of drug-likeness (QED) is 0.752. The molecule has 2 aromatic carbocycles. The van der Waals surface area contributed by atoms with Crippen molar-refractivity contribution >= 4 is 11.6 Å². The molecule has 6 heteroatoms. The van der Waals surface area contributed by atoms with Crippen LogP contribution in [0, 0.1) is 0 Å². The Bertz CT molecular complexity index is 889. The van der Waals surface area contributed by atoms with Crippen molar-refractivity contribution < 1.29 is 4.74 Å². The molecular weight excluding hydrogens is 336 g/mol. The van der Waals surface area contributed by atoms with E-state index in [1.165, 1.54) is 0 Å². The number of rotatable bonds is 5. The van der Waals surface area contributed by atoms with Gasteiger partial charge in [0.15, 0.2) is 17.2 Å². The molecule has 0 saturated carbocycles. The summed E-state index contributed by atoms with van der Waals surface area (Å²) in [6, 6.07) is 15.3. The largest absolute Gasteiger partial charge is 0.478 e. The minimum atomic E-state index is -0.706. The van der Waals surface area contributed by atoms with Crippen LogP contribution in [0.25, 0.3) is 11.4 Å². The Hall–Kier alpha value is -2.37. The van der Waals surface area contributed by atoms with E-state index in [0.717, 1.165) is 17.0 Å². The van der Waals surface area contributed by atoms with E-state index >= 15 is 0 Å². The highest BCUT2D eigenvalue weighted by Crippen LogP contribution is 2.33. The van der Waals surface area contributed by atoms with Gasteiger partial charge < -0.3 is 15.0 Å². The van der Waals surface area contributed by atoms with Crippen molar-refractivity contribution in [2.24, 2.45) is 12.8 Å². The van der Waals surface area contributed by atoms with Crippen LogP contribution < -0.4 is 10.5 Å². The lowest BCUT2D eigenvalue weighted by Crippen LogP contribution is -2.29. The van der Waals surface area contributed by atoms with Crippen LogP contribution in [0.4, 0.5) is 0 Å². The lowest BCUT2D eigenvalue weighted by molar-refractivity contribution is 0.0951. The van der Waals surface area contributed by atoms with Gasteiger partial charge in [0, 0.05) is 19.2 Å². The first-order valence-corrected chi connectivity index (χ1v) is 8.43. The first kappa shape index (κ1) is 17.5. The predicted octanol–water partition coefficient (Wildman–Crippen LogP) is 3.91. The molecule has 1 aromatic heterocycles. The molecule has 0 radical (unpaired) electrons. The third-order valence-electron chi connectivity index (χ3n) is 4.09. The SMILES string of the molecule is Cn1c(-c2ccccc2CN)nnc1C(C)(C)Oc1ccccc1Cl. The Morgan fingerprint density at radius 3 is 2.48 bits per heavy atom. The maximum atomic E-state index is 6.22. The Morgan fingerprint density at radius 2 is 1.76 bits per heavy atom. The molecular formula is C19H21ClN4O. The maximum Gasteiger partial charge on any atom is 0.176 e. The second-order valence-electron chi connectivity index (χ2n) is 6.31. The van der Waals surface area contributed by atoms with Gasteiger partial charge in [0.25, 0.3) is 0 Å². The van der Waals surface area contributed by atoms with E-state index in [2.05, 4.69) is 10.2 Å². The number of aromatic nitrogens is 3. The molecule has 0 bridgehead atoms. The fourth-order valence-corrected chi connectivity index (χ4v) is 3.03. The number of benzene rings is 2. The van der Waals surface area contributed by atoms with Crippen LogP contribution in [-0.4, -0.2) is 14.8 Å². The highest BCUT2D eigenvalue weighted by Gasteiger charge is 2.30. The fourth-order valence-electron chi connectivity index (χ4n) is 2.85. The molecule has 3 rings (SSSR count). The van der Waals surface area contributed by atoms with E-state index in [4.69, 9.17) is 22.1 Å². The van der Waals surface area contributed by atoms with Crippen LogP contribution >= 0.6 is 11.6 Å². The number of nitrogens with two attached hydrogens (primary N) is 1. The van der Waals surface area contributed by atoms with Crippen molar-refractivity contribution in [3.05, 3.63) is 64.9 Å². The third kappa shape index (κ3) is 3.38. The molecule has 2 N–H and O–H groups in total. The summed E-state index contributed by atoms with van der Waals surface area (Å²) in [6.45, 7) is 4.33. The molecule has 0 aliphatic rings. The van der Waals surface area contributed by atoms with Gasteiger partial charge in [-0.15, -0.1) is 10.2 Å². The van der Waals surface area contributed by atoms with E-state index in [1.807, 2.05) is 67.9 Å². The first-order valence-electron chi connectivity index (χ1n) is 8.06. The number of hydrogen-bond acceptors (Lipinski definition) is 4. The average Bonchev–Trinajstić information content (AvgIpc) is 2.99. The summed E-state index contributed by atoms with van der Waals surface area (Å²) in [6.07, 6.45) is 0. The topological polar surface area (TPSA) is 66.0 Å². The summed E-state index contributed by atoms with van der Waals surface area (Å²) in [5.74, 6) is 2.07. The molecule has 0 unspecified atom stereocenters. The number of halogens is 1. The third-order valence-corrected chi connectivity index (χ3v) is 4.41. The molecule has 0 atom stereocenters. The van der Waals surface area contributed by atoms with Crippen molar-refractivity contribution in [3.8, 4) is 17.1 Å². The van der Waals surface area contributed by atoms with Gasteiger partial charge in [-0.2, -0.15) is 0 Å². The zero-order valence-electron chi connectivity index (χ0n) is 14.5. The van der Waals surface area contributed by atoms with Gasteiger partial charge >= 0.3 is 0 Å². The second-order valence-corrected chi connectivity index (χ2v) is 6.72. The summed E-state index contributed by atoms with van der Waals surface area (Å²) in [4.78, 5) is 0.